The molecule has 0 aliphatic heterocycles. The highest BCUT2D eigenvalue weighted by atomic mass is 15.1. The van der Waals surface area contributed by atoms with Crippen LogP contribution >= 0.6 is 0 Å². The lowest BCUT2D eigenvalue weighted by Crippen LogP contribution is -2.31. The summed E-state index contributed by atoms with van der Waals surface area (Å²) in [6, 6.07) is 6.62. The number of nitriles is 1. The van der Waals surface area contributed by atoms with Gasteiger partial charge < -0.3 is 5.32 Å². The Morgan fingerprint density at radius 1 is 1.40 bits per heavy atom. The van der Waals surface area contributed by atoms with Gasteiger partial charge in [-0.05, 0) is 25.0 Å². The molecular weight excluding hydrogens is 250 g/mol. The Hall–Kier alpha value is -2.19. The molecule has 3 rings (SSSR count). The van der Waals surface area contributed by atoms with E-state index in [1.54, 1.807) is 6.20 Å². The van der Waals surface area contributed by atoms with Gasteiger partial charge in [-0.15, -0.1) is 0 Å². The van der Waals surface area contributed by atoms with E-state index in [0.29, 0.717) is 6.04 Å². The molecule has 0 bridgehead atoms. The number of aromatic nitrogens is 3. The van der Waals surface area contributed by atoms with E-state index in [2.05, 4.69) is 26.6 Å². The number of hydrogen-bond donors (Lipinski definition) is 2. The molecule has 2 atom stereocenters. The maximum atomic E-state index is 9.11. The third kappa shape index (κ3) is 2.56. The van der Waals surface area contributed by atoms with Crippen LogP contribution in [0, 0.1) is 17.2 Å². The molecule has 2 aromatic rings. The number of rotatable bonds is 4. The van der Waals surface area contributed by atoms with Crippen molar-refractivity contribution in [1.29, 1.82) is 5.26 Å². The number of hydrogen-bond acceptors (Lipinski definition) is 4. The highest BCUT2D eigenvalue weighted by molar-refractivity contribution is 5.61. The molecule has 0 aromatic carbocycles. The lowest BCUT2D eigenvalue weighted by molar-refractivity contribution is 0.465. The van der Waals surface area contributed by atoms with Gasteiger partial charge in [0.05, 0.1) is 23.9 Å². The molecule has 2 N–H and O–H groups in total. The first-order chi connectivity index (χ1) is 9.88. The zero-order valence-electron chi connectivity index (χ0n) is 11.2. The van der Waals surface area contributed by atoms with Crippen LogP contribution in [0.1, 0.15) is 24.8 Å². The molecule has 1 aliphatic carbocycles. The molecule has 0 spiro atoms. The molecule has 0 saturated heterocycles. The minimum absolute atomic E-state index is 0.142. The largest absolute Gasteiger partial charge is 0.308 e. The predicted molar refractivity (Wildman–Crippen MR) is 75.4 cm³/mol. The van der Waals surface area contributed by atoms with E-state index < -0.39 is 0 Å². The van der Waals surface area contributed by atoms with E-state index in [1.165, 1.54) is 0 Å². The van der Waals surface area contributed by atoms with Crippen LogP contribution in [-0.4, -0.2) is 21.2 Å². The standard InChI is InChI=1S/C15H17N5/c16-7-11-3-1-5-14(11)18-9-13-10-19-20-15(13)12-4-2-6-17-8-12/h2,4,6,8,10-11,14,18H,1,3,5,9H2,(H,19,20). The van der Waals surface area contributed by atoms with Gasteiger partial charge in [0, 0.05) is 36.1 Å². The Bertz CT molecular complexity index is 598. The molecular formula is C15H17N5. The number of pyridine rings is 1. The van der Waals surface area contributed by atoms with Crippen LogP contribution in [0.4, 0.5) is 0 Å². The Kier molecular flexibility index (Phi) is 3.75. The Balaban J connectivity index is 1.70. The van der Waals surface area contributed by atoms with Crippen molar-refractivity contribution in [2.24, 2.45) is 5.92 Å². The summed E-state index contributed by atoms with van der Waals surface area (Å²) < 4.78 is 0. The summed E-state index contributed by atoms with van der Waals surface area (Å²) in [6.07, 6.45) is 8.65. The van der Waals surface area contributed by atoms with Crippen molar-refractivity contribution in [1.82, 2.24) is 20.5 Å². The van der Waals surface area contributed by atoms with E-state index in [-0.39, 0.29) is 5.92 Å². The van der Waals surface area contributed by atoms with Crippen LogP contribution in [-0.2, 0) is 6.54 Å². The summed E-state index contributed by atoms with van der Waals surface area (Å²) >= 11 is 0. The molecule has 0 radical (unpaired) electrons. The first kappa shape index (κ1) is 12.8. The molecule has 0 amide bonds. The van der Waals surface area contributed by atoms with E-state index in [0.717, 1.165) is 42.6 Å². The molecule has 2 aromatic heterocycles. The van der Waals surface area contributed by atoms with E-state index >= 15 is 0 Å². The first-order valence-electron chi connectivity index (χ1n) is 6.94. The van der Waals surface area contributed by atoms with Gasteiger partial charge in [0.1, 0.15) is 0 Å². The summed E-state index contributed by atoms with van der Waals surface area (Å²) in [6.45, 7) is 0.726. The molecule has 2 heterocycles. The predicted octanol–water partition coefficient (Wildman–Crippen LogP) is 2.25. The van der Waals surface area contributed by atoms with Crippen LogP contribution < -0.4 is 5.32 Å². The fourth-order valence-electron chi connectivity index (χ4n) is 2.81. The van der Waals surface area contributed by atoms with E-state index in [4.69, 9.17) is 5.26 Å². The van der Waals surface area contributed by atoms with E-state index in [9.17, 15) is 0 Å². The van der Waals surface area contributed by atoms with Crippen molar-refractivity contribution >= 4 is 0 Å². The SMILES string of the molecule is N#CC1CCCC1NCc1cn[nH]c1-c1cccnc1. The van der Waals surface area contributed by atoms with Crippen LogP contribution in [0.2, 0.25) is 0 Å². The summed E-state index contributed by atoms with van der Waals surface area (Å²) in [5.41, 5.74) is 3.14. The zero-order chi connectivity index (χ0) is 13.8. The quantitative estimate of drug-likeness (QED) is 0.890. The molecule has 20 heavy (non-hydrogen) atoms. The average molecular weight is 267 g/mol. The number of aromatic amines is 1. The molecule has 2 unspecified atom stereocenters. The monoisotopic (exact) mass is 267 g/mol. The third-order valence-electron chi connectivity index (χ3n) is 3.90. The second kappa shape index (κ2) is 5.85. The van der Waals surface area contributed by atoms with Crippen molar-refractivity contribution < 1.29 is 0 Å². The second-order valence-corrected chi connectivity index (χ2v) is 5.17. The molecule has 1 saturated carbocycles. The van der Waals surface area contributed by atoms with Crippen molar-refractivity contribution in [3.63, 3.8) is 0 Å². The van der Waals surface area contributed by atoms with Crippen molar-refractivity contribution in [2.75, 3.05) is 0 Å². The number of nitrogens with zero attached hydrogens (tertiary/aromatic N) is 3. The van der Waals surface area contributed by atoms with Crippen molar-refractivity contribution in [2.45, 2.75) is 31.8 Å². The van der Waals surface area contributed by atoms with Crippen LogP contribution in [0.15, 0.2) is 30.7 Å². The van der Waals surface area contributed by atoms with Crippen LogP contribution in [0.25, 0.3) is 11.3 Å². The van der Waals surface area contributed by atoms with Crippen LogP contribution in [0.3, 0.4) is 0 Å². The molecule has 1 fully saturated rings. The molecule has 102 valence electrons. The minimum Gasteiger partial charge on any atom is -0.308 e. The van der Waals surface area contributed by atoms with Gasteiger partial charge in [-0.25, -0.2) is 0 Å². The molecule has 5 heteroatoms. The second-order valence-electron chi connectivity index (χ2n) is 5.17. The smallest absolute Gasteiger partial charge is 0.0710 e. The van der Waals surface area contributed by atoms with Crippen molar-refractivity contribution in [3.8, 4) is 17.3 Å². The Morgan fingerprint density at radius 3 is 3.15 bits per heavy atom. The molecule has 1 aliphatic rings. The van der Waals surface area contributed by atoms with Gasteiger partial charge >= 0.3 is 0 Å². The van der Waals surface area contributed by atoms with Gasteiger partial charge in [0.25, 0.3) is 0 Å². The lowest BCUT2D eigenvalue weighted by atomic mass is 10.0. The third-order valence-corrected chi connectivity index (χ3v) is 3.90. The normalized spacial score (nSPS) is 21.8. The maximum absolute atomic E-state index is 9.11. The van der Waals surface area contributed by atoms with Gasteiger partial charge in [-0.1, -0.05) is 6.42 Å². The topological polar surface area (TPSA) is 77.4 Å². The fourth-order valence-corrected chi connectivity index (χ4v) is 2.81. The first-order valence-corrected chi connectivity index (χ1v) is 6.94. The zero-order valence-corrected chi connectivity index (χ0v) is 11.2. The van der Waals surface area contributed by atoms with Crippen molar-refractivity contribution in [3.05, 3.63) is 36.3 Å². The highest BCUT2D eigenvalue weighted by Gasteiger charge is 2.26. The van der Waals surface area contributed by atoms with Gasteiger partial charge in [0.2, 0.25) is 0 Å². The number of nitrogens with one attached hydrogen (secondary N) is 2. The van der Waals surface area contributed by atoms with Gasteiger partial charge in [0.15, 0.2) is 0 Å². The average Bonchev–Trinajstić information content (AvgIpc) is 3.14. The maximum Gasteiger partial charge on any atom is 0.0710 e. The highest BCUT2D eigenvalue weighted by Crippen LogP contribution is 2.26. The summed E-state index contributed by atoms with van der Waals surface area (Å²) in [5.74, 6) is 0.142. The Morgan fingerprint density at radius 2 is 2.35 bits per heavy atom. The lowest BCUT2D eigenvalue weighted by Gasteiger charge is -2.15. The van der Waals surface area contributed by atoms with Gasteiger partial charge in [-0.2, -0.15) is 10.4 Å². The summed E-state index contributed by atoms with van der Waals surface area (Å²) in [5, 5.41) is 19.8. The van der Waals surface area contributed by atoms with E-state index in [1.807, 2.05) is 24.5 Å². The number of H-pyrrole nitrogens is 1. The minimum atomic E-state index is 0.142. The summed E-state index contributed by atoms with van der Waals surface area (Å²) in [4.78, 5) is 4.13. The van der Waals surface area contributed by atoms with Crippen LogP contribution in [0.5, 0.6) is 0 Å². The Labute approximate surface area is 118 Å². The fraction of sp³-hybridized carbons (Fsp3) is 0.400. The van der Waals surface area contributed by atoms with Gasteiger partial charge in [-0.3, -0.25) is 10.1 Å². The summed E-state index contributed by atoms with van der Waals surface area (Å²) in [7, 11) is 0. The molecule has 5 nitrogen and oxygen atoms in total.